The molecule has 0 radical (unpaired) electrons. The van der Waals surface area contributed by atoms with Crippen LogP contribution in [0.15, 0.2) is 30.3 Å². The van der Waals surface area contributed by atoms with Gasteiger partial charge in [-0.1, -0.05) is 30.3 Å². The molecule has 0 atom stereocenters. The van der Waals surface area contributed by atoms with Gasteiger partial charge in [0.1, 0.15) is 0 Å². The van der Waals surface area contributed by atoms with Crippen LogP contribution in [0.3, 0.4) is 0 Å². The zero-order valence-corrected chi connectivity index (χ0v) is 9.14. The average molecular weight is 209 g/mol. The second-order valence-electron chi connectivity index (χ2n) is 2.96. The molecule has 0 heterocycles. The second-order valence-corrected chi connectivity index (χ2v) is 4.07. The lowest BCUT2D eigenvalue weighted by Crippen LogP contribution is -2.17. The van der Waals surface area contributed by atoms with Crippen LogP contribution in [0, 0.1) is 0 Å². The van der Waals surface area contributed by atoms with Crippen molar-refractivity contribution < 1.29 is 4.79 Å². The molecule has 0 bridgehead atoms. The Hall–Kier alpha value is -0.960. The summed E-state index contributed by atoms with van der Waals surface area (Å²) in [6, 6.07) is 10.3. The molecule has 1 aromatic carbocycles. The minimum atomic E-state index is 0.116. The fraction of sp³-hybridized carbons (Fsp3) is 0.364. The van der Waals surface area contributed by atoms with E-state index < -0.39 is 0 Å². The summed E-state index contributed by atoms with van der Waals surface area (Å²) < 4.78 is 0. The summed E-state index contributed by atoms with van der Waals surface area (Å²) in [5.41, 5.74) is 1.31. The summed E-state index contributed by atoms with van der Waals surface area (Å²) in [6.07, 6.45) is 0.605. The van der Waals surface area contributed by atoms with Gasteiger partial charge in [0, 0.05) is 25.0 Å². The first-order valence-corrected chi connectivity index (χ1v) is 5.80. The third kappa shape index (κ3) is 4.33. The second kappa shape index (κ2) is 6.49. The molecule has 76 valence electrons. The molecule has 0 aliphatic heterocycles. The predicted molar refractivity (Wildman–Crippen MR) is 61.3 cm³/mol. The summed E-state index contributed by atoms with van der Waals surface area (Å²) in [7, 11) is 1.67. The highest BCUT2D eigenvalue weighted by atomic mass is 32.2. The minimum absolute atomic E-state index is 0.116. The van der Waals surface area contributed by atoms with Crippen molar-refractivity contribution in [2.24, 2.45) is 0 Å². The van der Waals surface area contributed by atoms with E-state index in [1.165, 1.54) is 5.56 Å². The first kappa shape index (κ1) is 11.1. The van der Waals surface area contributed by atoms with Gasteiger partial charge in [0.05, 0.1) is 0 Å². The van der Waals surface area contributed by atoms with Crippen molar-refractivity contribution in [2.75, 3.05) is 12.8 Å². The summed E-state index contributed by atoms with van der Waals surface area (Å²) in [6.45, 7) is 0. The molecule has 1 aromatic rings. The van der Waals surface area contributed by atoms with E-state index in [1.807, 2.05) is 18.2 Å². The topological polar surface area (TPSA) is 29.1 Å². The fourth-order valence-electron chi connectivity index (χ4n) is 1.05. The lowest BCUT2D eigenvalue weighted by atomic mass is 10.2. The lowest BCUT2D eigenvalue weighted by molar-refractivity contribution is -0.120. The predicted octanol–water partition coefficient (Wildman–Crippen LogP) is 2.06. The highest BCUT2D eigenvalue weighted by molar-refractivity contribution is 7.98. The van der Waals surface area contributed by atoms with Crippen molar-refractivity contribution in [3.8, 4) is 0 Å². The van der Waals surface area contributed by atoms with E-state index in [4.69, 9.17) is 0 Å². The standard InChI is InChI=1S/C11H15NOS/c1-12-11(13)7-8-14-9-10-5-3-2-4-6-10/h2-6H,7-9H2,1H3,(H,12,13). The van der Waals surface area contributed by atoms with Crippen LogP contribution in [0.25, 0.3) is 0 Å². The van der Waals surface area contributed by atoms with Crippen LogP contribution in [0.1, 0.15) is 12.0 Å². The molecular formula is C11H15NOS. The number of nitrogens with one attached hydrogen (secondary N) is 1. The highest BCUT2D eigenvalue weighted by Crippen LogP contribution is 2.12. The SMILES string of the molecule is CNC(=O)CCSCc1ccccc1. The maximum atomic E-state index is 10.9. The molecule has 14 heavy (non-hydrogen) atoms. The Bertz CT molecular complexity index is 274. The van der Waals surface area contributed by atoms with Crippen LogP contribution in [-0.2, 0) is 10.5 Å². The first-order valence-electron chi connectivity index (χ1n) is 4.65. The Labute approximate surface area is 89.1 Å². The van der Waals surface area contributed by atoms with Crippen LogP contribution >= 0.6 is 11.8 Å². The number of amides is 1. The molecule has 1 N–H and O–H groups in total. The Morgan fingerprint density at radius 2 is 2.07 bits per heavy atom. The van der Waals surface area contributed by atoms with E-state index in [9.17, 15) is 4.79 Å². The van der Waals surface area contributed by atoms with Crippen LogP contribution in [0.2, 0.25) is 0 Å². The number of carbonyl (C=O) groups is 1. The molecule has 0 spiro atoms. The largest absolute Gasteiger partial charge is 0.359 e. The van der Waals surface area contributed by atoms with Crippen molar-refractivity contribution in [1.29, 1.82) is 0 Å². The molecule has 0 fully saturated rings. The third-order valence-corrected chi connectivity index (χ3v) is 2.89. The maximum absolute atomic E-state index is 10.9. The zero-order chi connectivity index (χ0) is 10.2. The Morgan fingerprint density at radius 1 is 1.36 bits per heavy atom. The van der Waals surface area contributed by atoms with E-state index >= 15 is 0 Å². The molecular weight excluding hydrogens is 194 g/mol. The Kier molecular flexibility index (Phi) is 5.15. The van der Waals surface area contributed by atoms with Crippen molar-refractivity contribution in [3.63, 3.8) is 0 Å². The van der Waals surface area contributed by atoms with Gasteiger partial charge in [-0.15, -0.1) is 0 Å². The molecule has 0 unspecified atom stereocenters. The molecule has 0 saturated carbocycles. The average Bonchev–Trinajstić information content (AvgIpc) is 2.25. The molecule has 0 aliphatic carbocycles. The summed E-state index contributed by atoms with van der Waals surface area (Å²) >= 11 is 1.79. The van der Waals surface area contributed by atoms with Crippen LogP contribution in [-0.4, -0.2) is 18.7 Å². The number of thioether (sulfide) groups is 1. The number of hydrogen-bond donors (Lipinski definition) is 1. The number of benzene rings is 1. The van der Waals surface area contributed by atoms with E-state index in [1.54, 1.807) is 18.8 Å². The van der Waals surface area contributed by atoms with Crippen molar-refractivity contribution in [1.82, 2.24) is 5.32 Å². The number of hydrogen-bond acceptors (Lipinski definition) is 2. The van der Waals surface area contributed by atoms with Crippen LogP contribution in [0.5, 0.6) is 0 Å². The normalized spacial score (nSPS) is 9.79. The van der Waals surface area contributed by atoms with Gasteiger partial charge in [-0.3, -0.25) is 4.79 Å². The van der Waals surface area contributed by atoms with E-state index in [-0.39, 0.29) is 5.91 Å². The molecule has 0 saturated heterocycles. The van der Waals surface area contributed by atoms with Crippen LogP contribution in [0.4, 0.5) is 0 Å². The third-order valence-electron chi connectivity index (χ3n) is 1.86. The van der Waals surface area contributed by atoms with Gasteiger partial charge in [0.2, 0.25) is 5.91 Å². The molecule has 1 amide bonds. The first-order chi connectivity index (χ1) is 6.83. The van der Waals surface area contributed by atoms with E-state index in [0.29, 0.717) is 6.42 Å². The van der Waals surface area contributed by atoms with Crippen LogP contribution < -0.4 is 5.32 Å². The molecule has 1 rings (SSSR count). The Morgan fingerprint density at radius 3 is 2.71 bits per heavy atom. The van der Waals surface area contributed by atoms with Gasteiger partial charge in [-0.05, 0) is 5.56 Å². The van der Waals surface area contributed by atoms with Crippen molar-refractivity contribution >= 4 is 17.7 Å². The lowest BCUT2D eigenvalue weighted by Gasteiger charge is -2.01. The van der Waals surface area contributed by atoms with Gasteiger partial charge < -0.3 is 5.32 Å². The molecule has 0 aromatic heterocycles. The van der Waals surface area contributed by atoms with Gasteiger partial charge in [-0.25, -0.2) is 0 Å². The quantitative estimate of drug-likeness (QED) is 0.752. The molecule has 3 heteroatoms. The van der Waals surface area contributed by atoms with E-state index in [2.05, 4.69) is 17.4 Å². The Balaban J connectivity index is 2.13. The zero-order valence-electron chi connectivity index (χ0n) is 8.32. The van der Waals surface area contributed by atoms with Gasteiger partial charge in [-0.2, -0.15) is 11.8 Å². The van der Waals surface area contributed by atoms with Gasteiger partial charge in [0.25, 0.3) is 0 Å². The highest BCUT2D eigenvalue weighted by Gasteiger charge is 1.97. The van der Waals surface area contributed by atoms with E-state index in [0.717, 1.165) is 11.5 Å². The fourth-order valence-corrected chi connectivity index (χ4v) is 1.96. The maximum Gasteiger partial charge on any atom is 0.220 e. The number of rotatable bonds is 5. The smallest absolute Gasteiger partial charge is 0.220 e. The van der Waals surface area contributed by atoms with Gasteiger partial charge >= 0.3 is 0 Å². The molecule has 2 nitrogen and oxygen atoms in total. The number of carbonyl (C=O) groups excluding carboxylic acids is 1. The summed E-state index contributed by atoms with van der Waals surface area (Å²) in [5, 5.41) is 2.61. The van der Waals surface area contributed by atoms with Gasteiger partial charge in [0.15, 0.2) is 0 Å². The minimum Gasteiger partial charge on any atom is -0.359 e. The summed E-state index contributed by atoms with van der Waals surface area (Å²) in [4.78, 5) is 10.9. The summed E-state index contributed by atoms with van der Waals surface area (Å²) in [5.74, 6) is 1.98. The van der Waals surface area contributed by atoms with Crippen molar-refractivity contribution in [2.45, 2.75) is 12.2 Å². The molecule has 0 aliphatic rings. The monoisotopic (exact) mass is 209 g/mol. The van der Waals surface area contributed by atoms with Crippen molar-refractivity contribution in [3.05, 3.63) is 35.9 Å².